The lowest BCUT2D eigenvalue weighted by Gasteiger charge is -2.29. The summed E-state index contributed by atoms with van der Waals surface area (Å²) >= 11 is 6.21. The molecule has 1 saturated heterocycles. The number of benzene rings is 1. The van der Waals surface area contributed by atoms with E-state index >= 15 is 0 Å². The predicted octanol–water partition coefficient (Wildman–Crippen LogP) is 4.55. The van der Waals surface area contributed by atoms with Crippen LogP contribution in [0.25, 0.3) is 0 Å². The van der Waals surface area contributed by atoms with Crippen molar-refractivity contribution in [2.24, 2.45) is 0 Å². The first-order valence-corrected chi connectivity index (χ1v) is 8.84. The summed E-state index contributed by atoms with van der Waals surface area (Å²) in [6.45, 7) is 9.57. The Balaban J connectivity index is 1.93. The second-order valence-corrected chi connectivity index (χ2v) is 7.34. The third-order valence-electron chi connectivity index (χ3n) is 3.78. The second-order valence-electron chi connectivity index (χ2n) is 6.93. The molecule has 1 fully saturated rings. The minimum absolute atomic E-state index is 0.130. The molecule has 134 valence electrons. The molecular formula is C18H27ClN2O3. The van der Waals surface area contributed by atoms with Gasteiger partial charge in [0.05, 0.1) is 17.7 Å². The molecule has 24 heavy (non-hydrogen) atoms. The highest BCUT2D eigenvalue weighted by molar-refractivity contribution is 6.32. The smallest absolute Gasteiger partial charge is 0.410 e. The third kappa shape index (κ3) is 5.20. The Morgan fingerprint density at radius 1 is 1.42 bits per heavy atom. The third-order valence-corrected chi connectivity index (χ3v) is 4.07. The first-order chi connectivity index (χ1) is 11.3. The molecule has 0 aliphatic carbocycles. The number of ether oxygens (including phenoxy) is 2. The van der Waals surface area contributed by atoms with Gasteiger partial charge in [0.25, 0.3) is 0 Å². The summed E-state index contributed by atoms with van der Waals surface area (Å²) < 4.78 is 10.9. The molecule has 1 aromatic rings. The molecule has 5 nitrogen and oxygen atoms in total. The van der Waals surface area contributed by atoms with Crippen molar-refractivity contribution in [3.05, 3.63) is 23.2 Å². The van der Waals surface area contributed by atoms with Gasteiger partial charge in [-0.1, -0.05) is 11.6 Å². The van der Waals surface area contributed by atoms with E-state index in [1.807, 2.05) is 50.8 Å². The second kappa shape index (κ2) is 7.97. The maximum absolute atomic E-state index is 12.3. The molecule has 1 aliphatic rings. The van der Waals surface area contributed by atoms with Gasteiger partial charge in [-0.2, -0.15) is 0 Å². The minimum atomic E-state index is -0.472. The topological polar surface area (TPSA) is 50.8 Å². The Labute approximate surface area is 149 Å². The number of likely N-dealkylation sites (tertiary alicyclic amines) is 1. The van der Waals surface area contributed by atoms with E-state index in [-0.39, 0.29) is 12.1 Å². The average Bonchev–Trinajstić information content (AvgIpc) is 2.94. The summed E-state index contributed by atoms with van der Waals surface area (Å²) in [7, 11) is 0. The number of amides is 1. The van der Waals surface area contributed by atoms with Crippen LogP contribution < -0.4 is 10.1 Å². The molecule has 1 amide bonds. The van der Waals surface area contributed by atoms with Gasteiger partial charge in [-0.25, -0.2) is 4.79 Å². The monoisotopic (exact) mass is 354 g/mol. The number of hydrogen-bond acceptors (Lipinski definition) is 4. The minimum Gasteiger partial charge on any atom is -0.492 e. The molecule has 1 heterocycles. The van der Waals surface area contributed by atoms with Gasteiger partial charge in [-0.05, 0) is 58.7 Å². The average molecular weight is 355 g/mol. The van der Waals surface area contributed by atoms with Crippen molar-refractivity contribution < 1.29 is 14.3 Å². The molecule has 0 aromatic heterocycles. The number of nitrogens with zero attached hydrogens (tertiary/aromatic N) is 1. The zero-order chi connectivity index (χ0) is 17.7. The van der Waals surface area contributed by atoms with Crippen molar-refractivity contribution in [1.82, 2.24) is 4.90 Å². The normalized spacial score (nSPS) is 17.7. The molecule has 0 saturated carbocycles. The van der Waals surface area contributed by atoms with Crippen molar-refractivity contribution in [2.45, 2.75) is 52.2 Å². The molecule has 1 N–H and O–H groups in total. The fourth-order valence-electron chi connectivity index (χ4n) is 2.73. The van der Waals surface area contributed by atoms with E-state index in [0.29, 0.717) is 23.9 Å². The van der Waals surface area contributed by atoms with Crippen molar-refractivity contribution in [3.63, 3.8) is 0 Å². The Morgan fingerprint density at radius 3 is 2.79 bits per heavy atom. The van der Waals surface area contributed by atoms with Crippen LogP contribution >= 0.6 is 11.6 Å². The van der Waals surface area contributed by atoms with Gasteiger partial charge < -0.3 is 19.7 Å². The molecule has 0 radical (unpaired) electrons. The van der Waals surface area contributed by atoms with Gasteiger partial charge in [0.15, 0.2) is 0 Å². The highest BCUT2D eigenvalue weighted by Gasteiger charge is 2.31. The van der Waals surface area contributed by atoms with Crippen LogP contribution in [0.5, 0.6) is 5.75 Å². The van der Waals surface area contributed by atoms with E-state index in [1.54, 1.807) is 0 Å². The van der Waals surface area contributed by atoms with Crippen molar-refractivity contribution >= 4 is 23.4 Å². The first-order valence-electron chi connectivity index (χ1n) is 8.46. The number of carbonyl (C=O) groups excluding carboxylic acids is 1. The van der Waals surface area contributed by atoms with Gasteiger partial charge in [-0.3, -0.25) is 0 Å². The Hall–Kier alpha value is -1.62. The molecule has 6 heteroatoms. The van der Waals surface area contributed by atoms with Crippen molar-refractivity contribution in [3.8, 4) is 5.75 Å². The lowest BCUT2D eigenvalue weighted by atomic mass is 10.2. The van der Waals surface area contributed by atoms with Gasteiger partial charge >= 0.3 is 6.09 Å². The van der Waals surface area contributed by atoms with Crippen molar-refractivity contribution in [1.29, 1.82) is 0 Å². The molecule has 0 bridgehead atoms. The Morgan fingerprint density at radius 2 is 2.17 bits per heavy atom. The van der Waals surface area contributed by atoms with Crippen LogP contribution in [0.15, 0.2) is 18.2 Å². The molecule has 0 spiro atoms. The van der Waals surface area contributed by atoms with Crippen LogP contribution in [0.2, 0.25) is 5.02 Å². The number of anilines is 1. The van der Waals surface area contributed by atoms with Gasteiger partial charge in [0.1, 0.15) is 11.4 Å². The predicted molar refractivity (Wildman–Crippen MR) is 97.1 cm³/mol. The fourth-order valence-corrected chi connectivity index (χ4v) is 2.96. The van der Waals surface area contributed by atoms with Crippen molar-refractivity contribution in [2.75, 3.05) is 25.0 Å². The SMILES string of the molecule is CCOc1ccc(NCC2CCCN2C(=O)OC(C)(C)C)cc1Cl. The molecular weight excluding hydrogens is 328 g/mol. The van der Waals surface area contributed by atoms with Gasteiger partial charge in [0, 0.05) is 18.8 Å². The number of rotatable bonds is 5. The van der Waals surface area contributed by atoms with E-state index in [1.165, 1.54) is 0 Å². The van der Waals surface area contributed by atoms with Crippen LogP contribution in [0, 0.1) is 0 Å². The molecule has 2 rings (SSSR count). The zero-order valence-electron chi connectivity index (χ0n) is 14.9. The van der Waals surface area contributed by atoms with Crippen LogP contribution in [-0.4, -0.2) is 42.3 Å². The Kier molecular flexibility index (Phi) is 6.21. The summed E-state index contributed by atoms with van der Waals surface area (Å²) in [5, 5.41) is 3.94. The number of hydrogen-bond donors (Lipinski definition) is 1. The highest BCUT2D eigenvalue weighted by Crippen LogP contribution is 2.28. The molecule has 1 atom stereocenters. The van der Waals surface area contributed by atoms with Gasteiger partial charge in [-0.15, -0.1) is 0 Å². The number of halogens is 1. The van der Waals surface area contributed by atoms with Gasteiger partial charge in [0.2, 0.25) is 0 Å². The summed E-state index contributed by atoms with van der Waals surface area (Å²) in [4.78, 5) is 14.1. The van der Waals surface area contributed by atoms with Crippen LogP contribution in [-0.2, 0) is 4.74 Å². The summed E-state index contributed by atoms with van der Waals surface area (Å²) in [5.74, 6) is 0.681. The van der Waals surface area contributed by atoms with E-state index < -0.39 is 5.60 Å². The molecule has 1 unspecified atom stereocenters. The highest BCUT2D eigenvalue weighted by atomic mass is 35.5. The number of carbonyl (C=O) groups is 1. The van der Waals surface area contributed by atoms with E-state index in [0.717, 1.165) is 25.1 Å². The lowest BCUT2D eigenvalue weighted by Crippen LogP contribution is -2.42. The van der Waals surface area contributed by atoms with Crippen LogP contribution in [0.1, 0.15) is 40.5 Å². The Bertz CT molecular complexity index is 572. The quantitative estimate of drug-likeness (QED) is 0.842. The molecule has 1 aromatic carbocycles. The number of nitrogens with one attached hydrogen (secondary N) is 1. The first kappa shape index (κ1) is 18.7. The largest absolute Gasteiger partial charge is 0.492 e. The summed E-state index contributed by atoms with van der Waals surface area (Å²) in [6, 6.07) is 5.77. The summed E-state index contributed by atoms with van der Waals surface area (Å²) in [6.07, 6.45) is 1.73. The zero-order valence-corrected chi connectivity index (χ0v) is 15.7. The van der Waals surface area contributed by atoms with Crippen LogP contribution in [0.4, 0.5) is 10.5 Å². The maximum atomic E-state index is 12.3. The van der Waals surface area contributed by atoms with E-state index in [4.69, 9.17) is 21.1 Å². The molecule has 1 aliphatic heterocycles. The summed E-state index contributed by atoms with van der Waals surface area (Å²) in [5.41, 5.74) is 0.444. The van der Waals surface area contributed by atoms with E-state index in [9.17, 15) is 4.79 Å². The van der Waals surface area contributed by atoms with E-state index in [2.05, 4.69) is 5.32 Å². The van der Waals surface area contributed by atoms with Crippen LogP contribution in [0.3, 0.4) is 0 Å². The standard InChI is InChI=1S/C18H27ClN2O3/c1-5-23-16-9-8-13(11-15(16)19)20-12-14-7-6-10-21(14)17(22)24-18(2,3)4/h8-9,11,14,20H,5-7,10,12H2,1-4H3. The lowest BCUT2D eigenvalue weighted by molar-refractivity contribution is 0.0235. The fraction of sp³-hybridized carbons (Fsp3) is 0.611. The maximum Gasteiger partial charge on any atom is 0.410 e.